The fraction of sp³-hybridized carbons (Fsp3) is 0.346. The van der Waals surface area contributed by atoms with Crippen LogP contribution in [0.2, 0.25) is 0 Å². The van der Waals surface area contributed by atoms with Gasteiger partial charge < -0.3 is 19.7 Å². The number of anilines is 1. The van der Waals surface area contributed by atoms with Gasteiger partial charge in [0.05, 0.1) is 6.54 Å². The Hall–Kier alpha value is -3.85. The molecule has 184 valence electrons. The van der Waals surface area contributed by atoms with Crippen molar-refractivity contribution in [2.75, 3.05) is 18.5 Å². The topological polar surface area (TPSA) is 103 Å². The number of nitrogens with zero attached hydrogens (tertiary/aromatic N) is 4. The minimum Gasteiger partial charge on any atom is -0.491 e. The van der Waals surface area contributed by atoms with E-state index in [1.165, 1.54) is 11.6 Å². The zero-order valence-electron chi connectivity index (χ0n) is 20.5. The first-order chi connectivity index (χ1) is 16.8. The molecule has 0 unspecified atom stereocenters. The Bertz CT molecular complexity index is 1450. The number of fused-ring (bicyclic) bond motifs is 1. The minimum absolute atomic E-state index is 0.0394. The van der Waals surface area contributed by atoms with Crippen LogP contribution in [0.4, 0.5) is 5.95 Å². The van der Waals surface area contributed by atoms with Crippen LogP contribution in [0.1, 0.15) is 16.7 Å². The van der Waals surface area contributed by atoms with Gasteiger partial charge in [0.15, 0.2) is 11.2 Å². The van der Waals surface area contributed by atoms with Crippen LogP contribution in [-0.4, -0.2) is 43.0 Å². The molecule has 9 nitrogen and oxygen atoms in total. The average molecular weight is 478 g/mol. The lowest BCUT2D eigenvalue weighted by molar-refractivity contribution is 0.0938. The summed E-state index contributed by atoms with van der Waals surface area (Å²) in [7, 11) is 3.01. The number of hydrogen-bond donors (Lipinski definition) is 2. The number of aryl methyl sites for hydroxylation is 3. The third-order valence-electron chi connectivity index (χ3n) is 6.20. The van der Waals surface area contributed by atoms with Crippen molar-refractivity contribution in [3.63, 3.8) is 0 Å². The van der Waals surface area contributed by atoms with E-state index in [9.17, 15) is 14.7 Å². The average Bonchev–Trinajstić information content (AvgIpc) is 3.21. The maximum Gasteiger partial charge on any atom is 0.332 e. The van der Waals surface area contributed by atoms with Crippen molar-refractivity contribution in [3.8, 4) is 5.75 Å². The van der Waals surface area contributed by atoms with Crippen molar-refractivity contribution in [1.29, 1.82) is 0 Å². The van der Waals surface area contributed by atoms with E-state index < -0.39 is 17.4 Å². The molecule has 0 saturated carbocycles. The summed E-state index contributed by atoms with van der Waals surface area (Å²) in [6.45, 7) is 4.71. The summed E-state index contributed by atoms with van der Waals surface area (Å²) in [4.78, 5) is 30.0. The predicted octanol–water partition coefficient (Wildman–Crippen LogP) is 2.15. The first kappa shape index (κ1) is 24.3. The highest BCUT2D eigenvalue weighted by Crippen LogP contribution is 2.19. The SMILES string of the molecule is Cc1ccc(OC[C@@H](O)Cn2c(NCCc3ccccc3)nc3c2c(=O)n(C)c(=O)n3C)cc1C. The van der Waals surface area contributed by atoms with Gasteiger partial charge in [0.2, 0.25) is 5.95 Å². The van der Waals surface area contributed by atoms with Crippen LogP contribution in [0, 0.1) is 13.8 Å². The highest BCUT2D eigenvalue weighted by Gasteiger charge is 2.21. The van der Waals surface area contributed by atoms with Crippen molar-refractivity contribution < 1.29 is 9.84 Å². The molecule has 0 amide bonds. The van der Waals surface area contributed by atoms with Crippen molar-refractivity contribution in [1.82, 2.24) is 18.7 Å². The van der Waals surface area contributed by atoms with Gasteiger partial charge in [-0.15, -0.1) is 0 Å². The molecule has 0 radical (unpaired) electrons. The number of ether oxygens (including phenoxy) is 1. The fourth-order valence-corrected chi connectivity index (χ4v) is 3.98. The van der Waals surface area contributed by atoms with Crippen LogP contribution >= 0.6 is 0 Å². The molecule has 0 aliphatic rings. The van der Waals surface area contributed by atoms with Crippen molar-refractivity contribution in [3.05, 3.63) is 86.1 Å². The lowest BCUT2D eigenvalue weighted by atomic mass is 10.1. The van der Waals surface area contributed by atoms with Gasteiger partial charge in [-0.3, -0.25) is 13.9 Å². The zero-order chi connectivity index (χ0) is 25.1. The molecule has 2 heterocycles. The maximum atomic E-state index is 13.0. The van der Waals surface area contributed by atoms with E-state index in [-0.39, 0.29) is 24.3 Å². The molecule has 0 aliphatic heterocycles. The quantitative estimate of drug-likeness (QED) is 0.383. The van der Waals surface area contributed by atoms with Gasteiger partial charge in [-0.1, -0.05) is 36.4 Å². The maximum absolute atomic E-state index is 13.0. The molecule has 2 N–H and O–H groups in total. The number of rotatable bonds is 9. The van der Waals surface area contributed by atoms with Gasteiger partial charge in [-0.25, -0.2) is 4.79 Å². The molecule has 35 heavy (non-hydrogen) atoms. The molecule has 0 spiro atoms. The molecular weight excluding hydrogens is 446 g/mol. The molecule has 9 heteroatoms. The van der Waals surface area contributed by atoms with E-state index in [1.807, 2.05) is 62.4 Å². The normalized spacial score (nSPS) is 12.1. The fourth-order valence-electron chi connectivity index (χ4n) is 3.98. The molecule has 0 bridgehead atoms. The Morgan fingerprint density at radius 2 is 1.77 bits per heavy atom. The summed E-state index contributed by atoms with van der Waals surface area (Å²) in [6, 6.07) is 15.8. The Balaban J connectivity index is 1.60. The number of imidazole rings is 1. The van der Waals surface area contributed by atoms with Crippen LogP contribution < -0.4 is 21.3 Å². The Kier molecular flexibility index (Phi) is 7.07. The lowest BCUT2D eigenvalue weighted by Crippen LogP contribution is -2.38. The Morgan fingerprint density at radius 1 is 1.03 bits per heavy atom. The van der Waals surface area contributed by atoms with Gasteiger partial charge in [-0.2, -0.15) is 4.98 Å². The van der Waals surface area contributed by atoms with Crippen molar-refractivity contribution in [2.24, 2.45) is 14.1 Å². The standard InChI is InChI=1S/C26H31N5O4/c1-17-10-11-21(14-18(17)2)35-16-20(32)15-31-22-23(29(3)26(34)30(4)24(22)33)28-25(31)27-13-12-19-8-6-5-7-9-19/h5-11,14,20,32H,12-13,15-16H2,1-4H3,(H,27,28)/t20-/m0/s1. The summed E-state index contributed by atoms with van der Waals surface area (Å²) in [5, 5.41) is 14.1. The molecular formula is C26H31N5O4. The van der Waals surface area contributed by atoms with E-state index in [4.69, 9.17) is 4.74 Å². The highest BCUT2D eigenvalue weighted by atomic mass is 16.5. The Labute approximate surface area is 203 Å². The number of aromatic nitrogens is 4. The second kappa shape index (κ2) is 10.2. The van der Waals surface area contributed by atoms with Crippen LogP contribution in [0.15, 0.2) is 58.1 Å². The first-order valence-corrected chi connectivity index (χ1v) is 11.6. The minimum atomic E-state index is -0.911. The molecule has 4 aromatic rings. The summed E-state index contributed by atoms with van der Waals surface area (Å²) in [5.74, 6) is 1.08. The van der Waals surface area contributed by atoms with Gasteiger partial charge >= 0.3 is 5.69 Å². The van der Waals surface area contributed by atoms with Gasteiger partial charge in [-0.05, 0) is 49.1 Å². The van der Waals surface area contributed by atoms with E-state index >= 15 is 0 Å². The van der Waals surface area contributed by atoms with Crippen LogP contribution in [0.3, 0.4) is 0 Å². The van der Waals surface area contributed by atoms with Gasteiger partial charge in [0.25, 0.3) is 5.56 Å². The first-order valence-electron chi connectivity index (χ1n) is 11.6. The summed E-state index contributed by atoms with van der Waals surface area (Å²) < 4.78 is 9.82. The van der Waals surface area contributed by atoms with E-state index in [2.05, 4.69) is 10.3 Å². The second-order valence-electron chi connectivity index (χ2n) is 8.80. The van der Waals surface area contributed by atoms with Crippen LogP contribution in [0.25, 0.3) is 11.2 Å². The zero-order valence-corrected chi connectivity index (χ0v) is 20.5. The number of aliphatic hydroxyl groups excluding tert-OH is 1. The summed E-state index contributed by atoms with van der Waals surface area (Å²) in [6.07, 6.45) is -0.162. The monoisotopic (exact) mass is 477 g/mol. The van der Waals surface area contributed by atoms with Crippen molar-refractivity contribution in [2.45, 2.75) is 32.9 Å². The Morgan fingerprint density at radius 3 is 2.49 bits per heavy atom. The van der Waals surface area contributed by atoms with Gasteiger partial charge in [0, 0.05) is 20.6 Å². The molecule has 0 saturated heterocycles. The third kappa shape index (κ3) is 5.14. The molecule has 0 fully saturated rings. The number of nitrogens with one attached hydrogen (secondary N) is 1. The number of aliphatic hydroxyl groups is 1. The molecule has 0 aliphatic carbocycles. The van der Waals surface area contributed by atoms with E-state index in [0.29, 0.717) is 18.2 Å². The van der Waals surface area contributed by atoms with Crippen LogP contribution in [-0.2, 0) is 27.1 Å². The molecule has 2 aromatic carbocycles. The molecule has 2 aromatic heterocycles. The summed E-state index contributed by atoms with van der Waals surface area (Å²) >= 11 is 0. The number of hydrogen-bond acceptors (Lipinski definition) is 6. The van der Waals surface area contributed by atoms with Crippen LogP contribution in [0.5, 0.6) is 5.75 Å². The smallest absolute Gasteiger partial charge is 0.332 e. The predicted molar refractivity (Wildman–Crippen MR) is 136 cm³/mol. The third-order valence-corrected chi connectivity index (χ3v) is 6.20. The second-order valence-corrected chi connectivity index (χ2v) is 8.80. The number of benzene rings is 2. The van der Waals surface area contributed by atoms with Crippen molar-refractivity contribution >= 4 is 17.1 Å². The molecule has 1 atom stereocenters. The lowest BCUT2D eigenvalue weighted by Gasteiger charge is -2.16. The van der Waals surface area contributed by atoms with E-state index in [1.54, 1.807) is 11.6 Å². The highest BCUT2D eigenvalue weighted by molar-refractivity contribution is 5.74. The van der Waals surface area contributed by atoms with E-state index in [0.717, 1.165) is 27.7 Å². The summed E-state index contributed by atoms with van der Waals surface area (Å²) in [5.41, 5.74) is 3.02. The molecule has 4 rings (SSSR count). The largest absolute Gasteiger partial charge is 0.491 e. The van der Waals surface area contributed by atoms with Gasteiger partial charge in [0.1, 0.15) is 18.5 Å².